The van der Waals surface area contributed by atoms with E-state index in [2.05, 4.69) is 143 Å². The van der Waals surface area contributed by atoms with Gasteiger partial charge in [-0.15, -0.1) is 0 Å². The molecule has 0 aliphatic carbocycles. The maximum absolute atomic E-state index is 5.24. The van der Waals surface area contributed by atoms with Crippen molar-refractivity contribution in [2.24, 2.45) is 0 Å². The van der Waals surface area contributed by atoms with Crippen LogP contribution in [-0.2, 0) is 0 Å². The lowest BCUT2D eigenvalue weighted by Crippen LogP contribution is -1.97. The fraction of sp³-hybridized carbons (Fsp3) is 0. The van der Waals surface area contributed by atoms with E-state index >= 15 is 0 Å². The first kappa shape index (κ1) is 29.8. The summed E-state index contributed by atoms with van der Waals surface area (Å²) in [6, 6.07) is 55.9. The maximum atomic E-state index is 5.24. The van der Waals surface area contributed by atoms with Crippen LogP contribution >= 0.6 is 0 Å². The fourth-order valence-corrected chi connectivity index (χ4v) is 7.61. The monoisotopic (exact) mass is 662 g/mol. The number of nitrogens with zero attached hydrogens (tertiary/aromatic N) is 4. The second-order valence-electron chi connectivity index (χ2n) is 13.1. The van der Waals surface area contributed by atoms with Gasteiger partial charge in [-0.05, 0) is 102 Å². The Labute approximate surface area is 301 Å². The Hall–Kier alpha value is -7.04. The van der Waals surface area contributed by atoms with Crippen LogP contribution in [0.2, 0.25) is 0 Å². The molecule has 10 rings (SSSR count). The van der Waals surface area contributed by atoms with Gasteiger partial charge in [-0.25, -0.2) is 9.97 Å². The van der Waals surface area contributed by atoms with Gasteiger partial charge in [-0.3, -0.25) is 9.97 Å². The Balaban J connectivity index is 1.15. The molecule has 0 saturated heterocycles. The standard InChI is InChI=1S/C48H30N4/c1-2-8-31(9-3-1)39-19-15-33-18-22-43-40(20-16-34-17-21-42(39)46(33)47(34)43)35-10-6-11-36(28-35)48-51-44(37-12-7-25-50-30-37)29-45(52-48)41-14-5-4-13-38(41)32-23-26-49-27-24-32/h1-30H. The second-order valence-corrected chi connectivity index (χ2v) is 13.1. The van der Waals surface area contributed by atoms with E-state index in [-0.39, 0.29) is 0 Å². The summed E-state index contributed by atoms with van der Waals surface area (Å²) in [5.74, 6) is 0.660. The van der Waals surface area contributed by atoms with Crippen LogP contribution in [-0.4, -0.2) is 19.9 Å². The minimum absolute atomic E-state index is 0.660. The Morgan fingerprint density at radius 2 is 0.923 bits per heavy atom. The first-order valence-corrected chi connectivity index (χ1v) is 17.4. The van der Waals surface area contributed by atoms with Crippen molar-refractivity contribution < 1.29 is 0 Å². The zero-order chi connectivity index (χ0) is 34.4. The van der Waals surface area contributed by atoms with Gasteiger partial charge in [0, 0.05) is 41.5 Å². The molecule has 0 fully saturated rings. The molecule has 0 spiro atoms. The molecule has 242 valence electrons. The first-order chi connectivity index (χ1) is 25.8. The topological polar surface area (TPSA) is 51.6 Å². The van der Waals surface area contributed by atoms with Crippen molar-refractivity contribution in [1.82, 2.24) is 19.9 Å². The van der Waals surface area contributed by atoms with Crippen LogP contribution in [0.3, 0.4) is 0 Å². The highest BCUT2D eigenvalue weighted by Crippen LogP contribution is 2.43. The highest BCUT2D eigenvalue weighted by molar-refractivity contribution is 6.27. The first-order valence-electron chi connectivity index (χ1n) is 17.4. The summed E-state index contributed by atoms with van der Waals surface area (Å²) >= 11 is 0. The Bertz CT molecular complexity index is 2890. The molecule has 0 atom stereocenters. The quantitative estimate of drug-likeness (QED) is 0.166. The molecule has 0 N–H and O–H groups in total. The Kier molecular flexibility index (Phi) is 7.10. The number of benzene rings is 7. The second kappa shape index (κ2) is 12.4. The van der Waals surface area contributed by atoms with Crippen LogP contribution in [0.4, 0.5) is 0 Å². The molecule has 0 unspecified atom stereocenters. The van der Waals surface area contributed by atoms with Crippen LogP contribution in [0.5, 0.6) is 0 Å². The molecule has 7 aromatic carbocycles. The zero-order valence-electron chi connectivity index (χ0n) is 28.1. The van der Waals surface area contributed by atoms with Crippen LogP contribution < -0.4 is 0 Å². The number of hydrogen-bond acceptors (Lipinski definition) is 4. The van der Waals surface area contributed by atoms with Gasteiger partial charge < -0.3 is 0 Å². The average molecular weight is 663 g/mol. The van der Waals surface area contributed by atoms with Gasteiger partial charge in [0.1, 0.15) is 0 Å². The van der Waals surface area contributed by atoms with Crippen molar-refractivity contribution in [2.45, 2.75) is 0 Å². The van der Waals surface area contributed by atoms with Crippen LogP contribution in [0.1, 0.15) is 0 Å². The van der Waals surface area contributed by atoms with E-state index in [0.717, 1.165) is 44.8 Å². The Morgan fingerprint density at radius 3 is 1.65 bits per heavy atom. The molecule has 4 nitrogen and oxygen atoms in total. The van der Waals surface area contributed by atoms with Crippen molar-refractivity contribution in [1.29, 1.82) is 0 Å². The van der Waals surface area contributed by atoms with E-state index in [9.17, 15) is 0 Å². The summed E-state index contributed by atoms with van der Waals surface area (Å²) < 4.78 is 0. The third kappa shape index (κ3) is 5.09. The summed E-state index contributed by atoms with van der Waals surface area (Å²) in [5, 5.41) is 7.59. The highest BCUT2D eigenvalue weighted by atomic mass is 14.9. The number of rotatable bonds is 6. The van der Waals surface area contributed by atoms with Gasteiger partial charge in [0.05, 0.1) is 11.4 Å². The molecular formula is C48H30N4. The molecule has 10 aromatic rings. The molecule has 0 amide bonds. The van der Waals surface area contributed by atoms with E-state index < -0.39 is 0 Å². The molecule has 3 aromatic heterocycles. The van der Waals surface area contributed by atoms with E-state index in [1.807, 2.05) is 42.9 Å². The molecule has 0 bridgehead atoms. The molecular weight excluding hydrogens is 633 g/mol. The SMILES string of the molecule is c1ccc(-c2ccc3ccc4c(-c5cccc(-c6nc(-c7cccnc7)cc(-c7ccccc7-c7ccncc7)n6)c5)ccc5ccc2c3c54)cc1. The van der Waals surface area contributed by atoms with Crippen molar-refractivity contribution in [3.63, 3.8) is 0 Å². The van der Waals surface area contributed by atoms with E-state index in [1.165, 1.54) is 49.0 Å². The third-order valence-electron chi connectivity index (χ3n) is 10.1. The summed E-state index contributed by atoms with van der Waals surface area (Å²) in [4.78, 5) is 19.0. The van der Waals surface area contributed by atoms with Crippen LogP contribution in [0.25, 0.3) is 99.6 Å². The molecule has 0 radical (unpaired) electrons. The van der Waals surface area contributed by atoms with Gasteiger partial charge in [-0.1, -0.05) is 121 Å². The van der Waals surface area contributed by atoms with Crippen molar-refractivity contribution in [3.05, 3.63) is 183 Å². The predicted octanol–water partition coefficient (Wildman–Crippen LogP) is 12.2. The molecule has 0 aliphatic rings. The molecule has 52 heavy (non-hydrogen) atoms. The minimum Gasteiger partial charge on any atom is -0.265 e. The van der Waals surface area contributed by atoms with E-state index in [4.69, 9.17) is 9.97 Å². The fourth-order valence-electron chi connectivity index (χ4n) is 7.61. The normalized spacial score (nSPS) is 11.5. The van der Waals surface area contributed by atoms with E-state index in [0.29, 0.717) is 5.82 Å². The van der Waals surface area contributed by atoms with Gasteiger partial charge in [0.2, 0.25) is 0 Å². The molecule has 0 saturated carbocycles. The van der Waals surface area contributed by atoms with E-state index in [1.54, 1.807) is 6.20 Å². The number of hydrogen-bond donors (Lipinski definition) is 0. The molecule has 0 aliphatic heterocycles. The summed E-state index contributed by atoms with van der Waals surface area (Å²) in [5.41, 5.74) is 11.5. The molecule has 3 heterocycles. The Morgan fingerprint density at radius 1 is 0.327 bits per heavy atom. The minimum atomic E-state index is 0.660. The number of aromatic nitrogens is 4. The zero-order valence-corrected chi connectivity index (χ0v) is 28.1. The van der Waals surface area contributed by atoms with Gasteiger partial charge in [-0.2, -0.15) is 0 Å². The lowest BCUT2D eigenvalue weighted by molar-refractivity contribution is 1.18. The van der Waals surface area contributed by atoms with Crippen molar-refractivity contribution >= 4 is 32.3 Å². The highest BCUT2D eigenvalue weighted by Gasteiger charge is 2.17. The molecule has 4 heteroatoms. The van der Waals surface area contributed by atoms with Crippen molar-refractivity contribution in [3.8, 4) is 67.3 Å². The van der Waals surface area contributed by atoms with Gasteiger partial charge >= 0.3 is 0 Å². The van der Waals surface area contributed by atoms with Crippen LogP contribution in [0, 0.1) is 0 Å². The summed E-state index contributed by atoms with van der Waals surface area (Å²) in [6.07, 6.45) is 7.29. The number of pyridine rings is 2. The van der Waals surface area contributed by atoms with Gasteiger partial charge in [0.15, 0.2) is 5.82 Å². The third-order valence-corrected chi connectivity index (χ3v) is 10.1. The van der Waals surface area contributed by atoms with Crippen molar-refractivity contribution in [2.75, 3.05) is 0 Å². The smallest absolute Gasteiger partial charge is 0.160 e. The lowest BCUT2D eigenvalue weighted by Gasteiger charge is -2.17. The lowest BCUT2D eigenvalue weighted by atomic mass is 9.87. The van der Waals surface area contributed by atoms with Gasteiger partial charge in [0.25, 0.3) is 0 Å². The summed E-state index contributed by atoms with van der Waals surface area (Å²) in [6.45, 7) is 0. The average Bonchev–Trinajstić information content (AvgIpc) is 3.23. The van der Waals surface area contributed by atoms with Crippen LogP contribution in [0.15, 0.2) is 183 Å². The summed E-state index contributed by atoms with van der Waals surface area (Å²) in [7, 11) is 0. The predicted molar refractivity (Wildman–Crippen MR) is 214 cm³/mol. The maximum Gasteiger partial charge on any atom is 0.160 e. The largest absolute Gasteiger partial charge is 0.265 e.